The van der Waals surface area contributed by atoms with Crippen LogP contribution in [0.1, 0.15) is 38.5 Å². The highest BCUT2D eigenvalue weighted by Gasteiger charge is 2.25. The Morgan fingerprint density at radius 3 is 2.80 bits per heavy atom. The number of morpholine rings is 1. The topological polar surface area (TPSA) is 146 Å². The van der Waals surface area contributed by atoms with Crippen molar-refractivity contribution >= 4 is 50.3 Å². The molecule has 40 heavy (non-hydrogen) atoms. The number of rotatable bonds is 8. The van der Waals surface area contributed by atoms with E-state index in [0.717, 1.165) is 37.4 Å². The van der Waals surface area contributed by atoms with Gasteiger partial charge in [0.15, 0.2) is 11.6 Å². The molecule has 3 aromatic heterocycles. The first-order chi connectivity index (χ1) is 19.2. The standard InChI is InChI=1S/C27H33N7O5S/c1-27(2,3)39-26(36)34(9-5-8-22(35)32-37)16-17-14-21-23(40-17)25(33-10-12-38-13-11-33)30-24(29-21)18-6-4-7-20-19(18)15-28-31-20/h4,6-7,14-15,37H,5,8-13,16H2,1-3H3,(H,28,31)(H,32,35). The van der Waals surface area contributed by atoms with Gasteiger partial charge in [-0.2, -0.15) is 5.10 Å². The molecular weight excluding hydrogens is 534 g/mol. The highest BCUT2D eigenvalue weighted by atomic mass is 32.1. The largest absolute Gasteiger partial charge is 0.444 e. The molecule has 0 unspecified atom stereocenters. The van der Waals surface area contributed by atoms with Crippen molar-refractivity contribution < 1.29 is 24.3 Å². The summed E-state index contributed by atoms with van der Waals surface area (Å²) in [6.07, 6.45) is 1.76. The molecule has 4 aromatic rings. The summed E-state index contributed by atoms with van der Waals surface area (Å²) in [5.74, 6) is 0.935. The summed E-state index contributed by atoms with van der Waals surface area (Å²) in [7, 11) is 0. The van der Waals surface area contributed by atoms with E-state index in [1.165, 1.54) is 11.3 Å². The van der Waals surface area contributed by atoms with Crippen LogP contribution in [0.2, 0.25) is 0 Å². The second-order valence-corrected chi connectivity index (χ2v) is 11.7. The van der Waals surface area contributed by atoms with Crippen molar-refractivity contribution in [1.29, 1.82) is 0 Å². The van der Waals surface area contributed by atoms with E-state index < -0.39 is 17.6 Å². The summed E-state index contributed by atoms with van der Waals surface area (Å²) >= 11 is 1.54. The number of hydrogen-bond donors (Lipinski definition) is 3. The van der Waals surface area contributed by atoms with E-state index in [4.69, 9.17) is 24.6 Å². The van der Waals surface area contributed by atoms with Gasteiger partial charge in [-0.25, -0.2) is 20.2 Å². The zero-order valence-electron chi connectivity index (χ0n) is 22.8. The molecule has 1 aliphatic heterocycles. The van der Waals surface area contributed by atoms with Crippen LogP contribution in [-0.4, -0.2) is 80.7 Å². The van der Waals surface area contributed by atoms with Gasteiger partial charge in [0.05, 0.1) is 41.7 Å². The predicted molar refractivity (Wildman–Crippen MR) is 151 cm³/mol. The van der Waals surface area contributed by atoms with Gasteiger partial charge in [0.2, 0.25) is 5.91 Å². The van der Waals surface area contributed by atoms with Crippen molar-refractivity contribution in [3.8, 4) is 11.4 Å². The molecule has 1 aliphatic rings. The van der Waals surface area contributed by atoms with Crippen LogP contribution in [0.15, 0.2) is 30.5 Å². The third-order valence-corrected chi connectivity index (χ3v) is 7.50. The van der Waals surface area contributed by atoms with Crippen LogP contribution in [0.5, 0.6) is 0 Å². The molecule has 2 amide bonds. The Balaban J connectivity index is 1.51. The number of carbonyl (C=O) groups excluding carboxylic acids is 2. The molecule has 1 aromatic carbocycles. The van der Waals surface area contributed by atoms with Crippen LogP contribution in [0, 0.1) is 0 Å². The highest BCUT2D eigenvalue weighted by molar-refractivity contribution is 7.19. The number of fused-ring (bicyclic) bond motifs is 2. The third-order valence-electron chi connectivity index (χ3n) is 6.40. The predicted octanol–water partition coefficient (Wildman–Crippen LogP) is 4.09. The van der Waals surface area contributed by atoms with Gasteiger partial charge >= 0.3 is 6.09 Å². The number of amides is 2. The minimum atomic E-state index is -0.671. The molecule has 12 nitrogen and oxygen atoms in total. The number of aromatic amines is 1. The summed E-state index contributed by atoms with van der Waals surface area (Å²) in [6.45, 7) is 8.67. The van der Waals surface area contributed by atoms with E-state index in [2.05, 4.69) is 15.1 Å². The number of anilines is 1. The summed E-state index contributed by atoms with van der Waals surface area (Å²) in [5.41, 5.74) is 3.54. The first-order valence-corrected chi connectivity index (χ1v) is 14.0. The monoisotopic (exact) mass is 567 g/mol. The zero-order chi connectivity index (χ0) is 28.3. The van der Waals surface area contributed by atoms with Gasteiger partial charge in [-0.1, -0.05) is 12.1 Å². The number of hydrogen-bond acceptors (Lipinski definition) is 10. The lowest BCUT2D eigenvalue weighted by atomic mass is 10.1. The maximum atomic E-state index is 13.1. The lowest BCUT2D eigenvalue weighted by Crippen LogP contribution is -2.37. The minimum absolute atomic E-state index is 0.0811. The smallest absolute Gasteiger partial charge is 0.410 e. The second-order valence-electron chi connectivity index (χ2n) is 10.6. The Morgan fingerprint density at radius 2 is 2.05 bits per heavy atom. The lowest BCUT2D eigenvalue weighted by Gasteiger charge is -2.28. The average molecular weight is 568 g/mol. The van der Waals surface area contributed by atoms with Crippen LogP contribution in [0.4, 0.5) is 10.6 Å². The highest BCUT2D eigenvalue weighted by Crippen LogP contribution is 2.36. The molecule has 212 valence electrons. The van der Waals surface area contributed by atoms with Crippen LogP contribution >= 0.6 is 11.3 Å². The Hall–Kier alpha value is -3.81. The molecule has 13 heteroatoms. The molecule has 1 fully saturated rings. The Kier molecular flexibility index (Phi) is 8.14. The van der Waals surface area contributed by atoms with Gasteiger partial charge in [0.1, 0.15) is 5.60 Å². The van der Waals surface area contributed by atoms with Gasteiger partial charge in [-0.15, -0.1) is 11.3 Å². The Labute approximate surface area is 235 Å². The van der Waals surface area contributed by atoms with Crippen molar-refractivity contribution in [2.24, 2.45) is 0 Å². The van der Waals surface area contributed by atoms with E-state index in [1.807, 2.05) is 45.0 Å². The number of H-pyrrole nitrogens is 1. The zero-order valence-corrected chi connectivity index (χ0v) is 23.6. The van der Waals surface area contributed by atoms with Crippen molar-refractivity contribution in [2.75, 3.05) is 37.7 Å². The molecule has 4 heterocycles. The van der Waals surface area contributed by atoms with Gasteiger partial charge < -0.3 is 19.3 Å². The molecule has 0 saturated carbocycles. The first-order valence-electron chi connectivity index (χ1n) is 13.2. The molecular formula is C27H33N7O5S. The van der Waals surface area contributed by atoms with E-state index in [0.29, 0.717) is 38.5 Å². The van der Waals surface area contributed by atoms with E-state index in [9.17, 15) is 9.59 Å². The number of hydroxylamine groups is 1. The van der Waals surface area contributed by atoms with Crippen LogP contribution in [0.3, 0.4) is 0 Å². The number of nitrogens with one attached hydrogen (secondary N) is 2. The fourth-order valence-electron chi connectivity index (χ4n) is 4.55. The first kappa shape index (κ1) is 27.7. The number of aromatic nitrogens is 4. The molecule has 1 saturated heterocycles. The van der Waals surface area contributed by atoms with Crippen LogP contribution in [0.25, 0.3) is 32.5 Å². The van der Waals surface area contributed by atoms with Crippen LogP contribution < -0.4 is 10.4 Å². The summed E-state index contributed by atoms with van der Waals surface area (Å²) in [4.78, 5) is 39.3. The van der Waals surface area contributed by atoms with Crippen molar-refractivity contribution in [3.63, 3.8) is 0 Å². The number of nitrogens with zero attached hydrogens (tertiary/aromatic N) is 5. The molecule has 0 spiro atoms. The maximum absolute atomic E-state index is 13.1. The van der Waals surface area contributed by atoms with Gasteiger partial charge in [0.25, 0.3) is 0 Å². The molecule has 0 aliphatic carbocycles. The fourth-order valence-corrected chi connectivity index (χ4v) is 5.68. The van der Waals surface area contributed by atoms with Gasteiger partial charge in [-0.05, 0) is 39.3 Å². The van der Waals surface area contributed by atoms with Crippen molar-refractivity contribution in [1.82, 2.24) is 30.5 Å². The summed E-state index contributed by atoms with van der Waals surface area (Å²) < 4.78 is 12.2. The lowest BCUT2D eigenvalue weighted by molar-refractivity contribution is -0.129. The quantitative estimate of drug-likeness (QED) is 0.212. The third kappa shape index (κ3) is 6.32. The number of benzene rings is 1. The van der Waals surface area contributed by atoms with Crippen molar-refractivity contribution in [2.45, 2.75) is 45.8 Å². The minimum Gasteiger partial charge on any atom is -0.444 e. The second kappa shape index (κ2) is 11.7. The molecule has 3 N–H and O–H groups in total. The van der Waals surface area contributed by atoms with Crippen molar-refractivity contribution in [3.05, 3.63) is 35.3 Å². The average Bonchev–Trinajstić information content (AvgIpc) is 3.58. The fraction of sp³-hybridized carbons (Fsp3) is 0.444. The van der Waals surface area contributed by atoms with E-state index in [-0.39, 0.29) is 19.5 Å². The number of ether oxygens (including phenoxy) is 2. The van der Waals surface area contributed by atoms with Gasteiger partial charge in [0, 0.05) is 41.9 Å². The summed E-state index contributed by atoms with van der Waals surface area (Å²) in [6, 6.07) is 7.89. The Bertz CT molecular complexity index is 1510. The normalized spacial score (nSPS) is 14.1. The maximum Gasteiger partial charge on any atom is 0.410 e. The Morgan fingerprint density at radius 1 is 1.25 bits per heavy atom. The SMILES string of the molecule is CC(C)(C)OC(=O)N(CCCC(=O)NO)Cc1cc2nc(-c3cccc4[nH]ncc34)nc(N3CCOCC3)c2s1. The molecule has 0 atom stereocenters. The number of carbonyl (C=O) groups is 2. The molecule has 0 radical (unpaired) electrons. The van der Waals surface area contributed by atoms with Crippen LogP contribution in [-0.2, 0) is 20.8 Å². The number of thiophene rings is 1. The van der Waals surface area contributed by atoms with E-state index in [1.54, 1.807) is 16.6 Å². The van der Waals surface area contributed by atoms with Gasteiger partial charge in [-0.3, -0.25) is 15.1 Å². The molecule has 5 rings (SSSR count). The summed E-state index contributed by atoms with van der Waals surface area (Å²) in [5, 5.41) is 17.0. The molecule has 0 bridgehead atoms. The van der Waals surface area contributed by atoms with E-state index >= 15 is 0 Å².